The molecule has 0 bridgehead atoms. The summed E-state index contributed by atoms with van der Waals surface area (Å²) in [7, 11) is 0. The third-order valence-electron chi connectivity index (χ3n) is 2.16. The number of nitrogens with two attached hydrogens (primary N) is 1. The second-order valence-electron chi connectivity index (χ2n) is 3.31. The van der Waals surface area contributed by atoms with Gasteiger partial charge in [0.25, 0.3) is 0 Å². The molecule has 1 unspecified atom stereocenters. The first-order valence-electron chi connectivity index (χ1n) is 4.95. The van der Waals surface area contributed by atoms with Crippen LogP contribution in [0.5, 0.6) is 0 Å². The molecule has 0 saturated heterocycles. The number of pyridine rings is 1. The second kappa shape index (κ2) is 6.45. The Bertz CT molecular complexity index is 318. The van der Waals surface area contributed by atoms with Crippen molar-refractivity contribution in [2.75, 3.05) is 11.9 Å². The van der Waals surface area contributed by atoms with Crippen LogP contribution in [0.3, 0.4) is 0 Å². The molecular formula is C10H15Br2N3. The predicted molar refractivity (Wildman–Crippen MR) is 71.0 cm³/mol. The van der Waals surface area contributed by atoms with E-state index in [-0.39, 0.29) is 0 Å². The van der Waals surface area contributed by atoms with E-state index >= 15 is 0 Å². The molecule has 0 amide bonds. The van der Waals surface area contributed by atoms with Crippen LogP contribution in [0.2, 0.25) is 0 Å². The summed E-state index contributed by atoms with van der Waals surface area (Å²) in [5.41, 5.74) is 5.54. The third-order valence-corrected chi connectivity index (χ3v) is 3.19. The number of halogens is 2. The van der Waals surface area contributed by atoms with Crippen LogP contribution in [-0.4, -0.2) is 17.6 Å². The van der Waals surface area contributed by atoms with Gasteiger partial charge in [-0.1, -0.05) is 6.92 Å². The van der Waals surface area contributed by atoms with Crippen molar-refractivity contribution in [3.63, 3.8) is 0 Å². The molecule has 0 aliphatic heterocycles. The fourth-order valence-electron chi connectivity index (χ4n) is 1.29. The van der Waals surface area contributed by atoms with Crippen LogP contribution in [0, 0.1) is 0 Å². The van der Waals surface area contributed by atoms with Gasteiger partial charge in [-0.15, -0.1) is 0 Å². The fraction of sp³-hybridized carbons (Fsp3) is 0.500. The van der Waals surface area contributed by atoms with E-state index in [1.54, 1.807) is 6.20 Å². The van der Waals surface area contributed by atoms with Crippen LogP contribution in [0.1, 0.15) is 19.8 Å². The zero-order chi connectivity index (χ0) is 11.3. The quantitative estimate of drug-likeness (QED) is 0.868. The van der Waals surface area contributed by atoms with E-state index in [2.05, 4.69) is 49.1 Å². The Morgan fingerprint density at radius 1 is 1.53 bits per heavy atom. The van der Waals surface area contributed by atoms with Crippen molar-refractivity contribution in [3.8, 4) is 0 Å². The number of hydrogen-bond donors (Lipinski definition) is 2. The lowest BCUT2D eigenvalue weighted by Crippen LogP contribution is -2.22. The monoisotopic (exact) mass is 335 g/mol. The molecule has 0 radical (unpaired) electrons. The molecule has 0 aliphatic rings. The molecule has 1 heterocycles. The molecule has 15 heavy (non-hydrogen) atoms. The van der Waals surface area contributed by atoms with Crippen molar-refractivity contribution in [2.24, 2.45) is 5.73 Å². The van der Waals surface area contributed by atoms with Crippen molar-refractivity contribution in [1.82, 2.24) is 4.98 Å². The van der Waals surface area contributed by atoms with Crippen molar-refractivity contribution in [1.29, 1.82) is 0 Å². The number of nitrogens with zero attached hydrogens (tertiary/aromatic N) is 1. The Hall–Kier alpha value is -0.130. The first kappa shape index (κ1) is 12.9. The van der Waals surface area contributed by atoms with Gasteiger partial charge in [0.1, 0.15) is 5.82 Å². The van der Waals surface area contributed by atoms with Crippen molar-refractivity contribution in [3.05, 3.63) is 21.2 Å². The summed E-state index contributed by atoms with van der Waals surface area (Å²) < 4.78 is 1.93. The molecule has 1 rings (SSSR count). The summed E-state index contributed by atoms with van der Waals surface area (Å²) in [6, 6.07) is 2.37. The van der Waals surface area contributed by atoms with Gasteiger partial charge >= 0.3 is 0 Å². The van der Waals surface area contributed by atoms with E-state index in [9.17, 15) is 0 Å². The third kappa shape index (κ3) is 4.09. The van der Waals surface area contributed by atoms with E-state index in [1.807, 2.05) is 6.07 Å². The molecular weight excluding hydrogens is 322 g/mol. The molecule has 0 spiro atoms. The molecule has 5 heteroatoms. The standard InChI is InChI=1S/C10H15Br2N3/c1-2-8(3-4-13)15-10-9(12)5-7(11)6-14-10/h5-6,8H,2-4,13H2,1H3,(H,14,15). The highest BCUT2D eigenvalue weighted by Gasteiger charge is 2.08. The average Bonchev–Trinajstić information content (AvgIpc) is 2.21. The first-order valence-corrected chi connectivity index (χ1v) is 6.53. The lowest BCUT2D eigenvalue weighted by Gasteiger charge is -2.17. The molecule has 3 nitrogen and oxygen atoms in total. The normalized spacial score (nSPS) is 12.5. The SMILES string of the molecule is CCC(CCN)Nc1ncc(Br)cc1Br. The van der Waals surface area contributed by atoms with Gasteiger partial charge in [-0.3, -0.25) is 0 Å². The molecule has 1 atom stereocenters. The Balaban J connectivity index is 2.70. The minimum absolute atomic E-state index is 0.389. The fourth-order valence-corrected chi connectivity index (χ4v) is 2.40. The van der Waals surface area contributed by atoms with Gasteiger partial charge in [-0.25, -0.2) is 4.98 Å². The highest BCUT2D eigenvalue weighted by atomic mass is 79.9. The minimum atomic E-state index is 0.389. The molecule has 1 aromatic rings. The van der Waals surface area contributed by atoms with Crippen molar-refractivity contribution < 1.29 is 0 Å². The summed E-state index contributed by atoms with van der Waals surface area (Å²) >= 11 is 6.84. The van der Waals surface area contributed by atoms with Gasteiger partial charge in [0.2, 0.25) is 0 Å². The molecule has 0 saturated carbocycles. The maximum Gasteiger partial charge on any atom is 0.140 e. The number of hydrogen-bond acceptors (Lipinski definition) is 3. The Kier molecular flexibility index (Phi) is 5.56. The summed E-state index contributed by atoms with van der Waals surface area (Å²) in [5.74, 6) is 0.874. The number of nitrogens with one attached hydrogen (secondary N) is 1. The van der Waals surface area contributed by atoms with Crippen LogP contribution in [0.15, 0.2) is 21.2 Å². The maximum absolute atomic E-state index is 5.54. The highest BCUT2D eigenvalue weighted by molar-refractivity contribution is 9.11. The smallest absolute Gasteiger partial charge is 0.140 e. The van der Waals surface area contributed by atoms with E-state index in [1.165, 1.54) is 0 Å². The van der Waals surface area contributed by atoms with Gasteiger partial charge < -0.3 is 11.1 Å². The topological polar surface area (TPSA) is 50.9 Å². The summed E-state index contributed by atoms with van der Waals surface area (Å²) in [4.78, 5) is 4.30. The Labute approximate surface area is 107 Å². The highest BCUT2D eigenvalue weighted by Crippen LogP contribution is 2.24. The minimum Gasteiger partial charge on any atom is -0.366 e. The molecule has 0 aromatic carbocycles. The first-order chi connectivity index (χ1) is 7.17. The summed E-state index contributed by atoms with van der Waals surface area (Å²) in [6.07, 6.45) is 3.78. The van der Waals surface area contributed by atoms with Crippen molar-refractivity contribution >= 4 is 37.7 Å². The average molecular weight is 337 g/mol. The predicted octanol–water partition coefficient (Wildman–Crippen LogP) is 3.15. The Morgan fingerprint density at radius 2 is 2.27 bits per heavy atom. The zero-order valence-electron chi connectivity index (χ0n) is 8.63. The number of anilines is 1. The molecule has 0 aliphatic carbocycles. The van der Waals surface area contributed by atoms with Gasteiger partial charge in [0.05, 0.1) is 4.47 Å². The lowest BCUT2D eigenvalue weighted by molar-refractivity contribution is 0.639. The number of aromatic nitrogens is 1. The van der Waals surface area contributed by atoms with E-state index in [0.29, 0.717) is 12.6 Å². The van der Waals surface area contributed by atoms with Crippen LogP contribution in [0.25, 0.3) is 0 Å². The Morgan fingerprint density at radius 3 is 2.80 bits per heavy atom. The van der Waals surface area contributed by atoms with Crippen molar-refractivity contribution in [2.45, 2.75) is 25.8 Å². The van der Waals surface area contributed by atoms with E-state index < -0.39 is 0 Å². The second-order valence-corrected chi connectivity index (χ2v) is 5.08. The lowest BCUT2D eigenvalue weighted by atomic mass is 10.1. The largest absolute Gasteiger partial charge is 0.366 e. The molecule has 3 N–H and O–H groups in total. The maximum atomic E-state index is 5.54. The molecule has 84 valence electrons. The van der Waals surface area contributed by atoms with Crippen LogP contribution < -0.4 is 11.1 Å². The van der Waals surface area contributed by atoms with Gasteiger partial charge in [-0.05, 0) is 57.3 Å². The van der Waals surface area contributed by atoms with Gasteiger partial charge in [0, 0.05) is 16.7 Å². The molecule has 1 aromatic heterocycles. The van der Waals surface area contributed by atoms with Crippen LogP contribution >= 0.6 is 31.9 Å². The van der Waals surface area contributed by atoms with Crippen LogP contribution in [0.4, 0.5) is 5.82 Å². The van der Waals surface area contributed by atoms with E-state index in [4.69, 9.17) is 5.73 Å². The van der Waals surface area contributed by atoms with E-state index in [0.717, 1.165) is 27.6 Å². The summed E-state index contributed by atoms with van der Waals surface area (Å²) in [6.45, 7) is 2.83. The zero-order valence-corrected chi connectivity index (χ0v) is 11.8. The van der Waals surface area contributed by atoms with Crippen LogP contribution in [-0.2, 0) is 0 Å². The number of rotatable bonds is 5. The summed E-state index contributed by atoms with van der Waals surface area (Å²) in [5, 5.41) is 3.37. The van der Waals surface area contributed by atoms with Gasteiger partial charge in [0.15, 0.2) is 0 Å². The molecule has 0 fully saturated rings. The van der Waals surface area contributed by atoms with Gasteiger partial charge in [-0.2, -0.15) is 0 Å².